The molecule has 0 radical (unpaired) electrons. The molecule has 57 heavy (non-hydrogen) atoms. The maximum atomic E-state index is 13.7. The van der Waals surface area contributed by atoms with Crippen LogP contribution in [-0.2, 0) is 33.4 Å². The molecule has 3 aliphatic heterocycles. The van der Waals surface area contributed by atoms with Crippen molar-refractivity contribution in [3.63, 3.8) is 0 Å². The number of hydrogen-bond acceptors (Lipinski definition) is 13. The van der Waals surface area contributed by atoms with Gasteiger partial charge in [0.2, 0.25) is 41.6 Å². The topological polar surface area (TPSA) is 300 Å². The molecule has 2 aromatic rings. The van der Waals surface area contributed by atoms with Gasteiger partial charge in [0.05, 0.1) is 18.6 Å². The van der Waals surface area contributed by atoms with E-state index in [4.69, 9.17) is 30.4 Å². The van der Waals surface area contributed by atoms with Crippen LogP contribution in [0.3, 0.4) is 0 Å². The van der Waals surface area contributed by atoms with Crippen molar-refractivity contribution in [2.24, 2.45) is 17.4 Å². The first-order valence-electron chi connectivity index (χ1n) is 18.5. The Balaban J connectivity index is 1.73. The van der Waals surface area contributed by atoms with E-state index >= 15 is 0 Å². The molecule has 0 saturated carbocycles. The predicted molar refractivity (Wildman–Crippen MR) is 200 cm³/mol. The fraction of sp³-hybridized carbons (Fsp3) is 0.526. The zero-order valence-corrected chi connectivity index (χ0v) is 32.4. The van der Waals surface area contributed by atoms with Gasteiger partial charge < -0.3 is 67.0 Å². The summed E-state index contributed by atoms with van der Waals surface area (Å²) in [5.41, 5.74) is 10.4. The third-order valence-electron chi connectivity index (χ3n) is 8.78. The number of ether oxygens (including phenoxy) is 4. The van der Waals surface area contributed by atoms with Gasteiger partial charge in [-0.25, -0.2) is 4.79 Å². The number of carbonyl (C=O) groups excluding carboxylic acids is 6. The molecule has 4 bridgehead atoms. The molecule has 0 aromatic heterocycles. The summed E-state index contributed by atoms with van der Waals surface area (Å²) in [4.78, 5) is 77.3. The zero-order chi connectivity index (χ0) is 42.2. The van der Waals surface area contributed by atoms with Crippen molar-refractivity contribution in [3.05, 3.63) is 47.5 Å². The lowest BCUT2D eigenvalue weighted by molar-refractivity contribution is -0.174. The number of aliphatic hydroxyl groups excluding tert-OH is 2. The van der Waals surface area contributed by atoms with Crippen molar-refractivity contribution in [1.82, 2.24) is 21.3 Å². The minimum atomic E-state index is -1.71. The Morgan fingerprint density at radius 3 is 2.28 bits per heavy atom. The average Bonchev–Trinajstić information content (AvgIpc) is 3.10. The van der Waals surface area contributed by atoms with Gasteiger partial charge in [-0.2, -0.15) is 0 Å². The normalized spacial score (nSPS) is 24.0. The van der Waals surface area contributed by atoms with Crippen molar-refractivity contribution >= 4 is 35.6 Å². The number of primary amides is 2. The summed E-state index contributed by atoms with van der Waals surface area (Å²) >= 11 is 0. The number of benzene rings is 2. The molecular formula is C38H52N6O13. The third kappa shape index (κ3) is 12.9. The van der Waals surface area contributed by atoms with Crippen molar-refractivity contribution in [3.8, 4) is 23.0 Å². The fourth-order valence-electron chi connectivity index (χ4n) is 6.01. The van der Waals surface area contributed by atoms with Gasteiger partial charge in [-0.1, -0.05) is 26.0 Å². The lowest BCUT2D eigenvalue weighted by atomic mass is 9.99. The Labute approximate surface area is 329 Å². The van der Waals surface area contributed by atoms with Crippen LogP contribution < -0.4 is 42.2 Å². The van der Waals surface area contributed by atoms with Gasteiger partial charge in [-0.3, -0.25) is 24.0 Å². The lowest BCUT2D eigenvalue weighted by Crippen LogP contribution is -2.57. The van der Waals surface area contributed by atoms with Crippen molar-refractivity contribution in [2.45, 2.75) is 115 Å². The number of aromatic hydroxyl groups is 1. The summed E-state index contributed by atoms with van der Waals surface area (Å²) < 4.78 is 23.4. The van der Waals surface area contributed by atoms with E-state index in [1.807, 2.05) is 13.8 Å². The first kappa shape index (κ1) is 44.1. The minimum absolute atomic E-state index is 0.0237. The molecular weight excluding hydrogens is 748 g/mol. The molecule has 7 atom stereocenters. The Hall–Kier alpha value is -5.66. The number of alkyl carbamates (subject to hydrolysis) is 1. The Kier molecular flexibility index (Phi) is 14.7. The highest BCUT2D eigenvalue weighted by Crippen LogP contribution is 2.43. The number of hydrogen-bond donors (Lipinski definition) is 9. The number of fused-ring (bicyclic) bond motifs is 9. The second-order valence-corrected chi connectivity index (χ2v) is 15.4. The van der Waals surface area contributed by atoms with Crippen LogP contribution in [0.4, 0.5) is 4.79 Å². The highest BCUT2D eigenvalue weighted by atomic mass is 16.7. The lowest BCUT2D eigenvalue weighted by Gasteiger charge is -2.34. The molecule has 11 N–H and O–H groups in total. The number of phenolic OH excluding ortho intramolecular Hbond substituents is 1. The van der Waals surface area contributed by atoms with Gasteiger partial charge >= 0.3 is 6.09 Å². The molecule has 0 spiro atoms. The van der Waals surface area contributed by atoms with Gasteiger partial charge in [-0.15, -0.1) is 0 Å². The summed E-state index contributed by atoms with van der Waals surface area (Å²) in [6.07, 6.45) is -5.41. The molecule has 1 saturated heterocycles. The van der Waals surface area contributed by atoms with Crippen LogP contribution in [0.25, 0.3) is 0 Å². The van der Waals surface area contributed by atoms with E-state index in [0.29, 0.717) is 6.42 Å². The van der Waals surface area contributed by atoms with Gasteiger partial charge in [0.15, 0.2) is 11.5 Å². The molecule has 0 aliphatic carbocycles. The molecule has 3 heterocycles. The SMILES string of the molecule is CC(C)CCC(=O)NC1C(=O)NC(CC(N)=O)C(=O)NC(C(N)=O)c2cc(O)c(OC3CC(O)CC(CNC(=O)OC(C)(C)C)O3)c(c2)Oc2ccc(cc2)C1O. The maximum Gasteiger partial charge on any atom is 0.407 e. The first-order valence-corrected chi connectivity index (χ1v) is 18.5. The van der Waals surface area contributed by atoms with E-state index in [9.17, 15) is 44.1 Å². The van der Waals surface area contributed by atoms with Crippen LogP contribution in [0.1, 0.15) is 90.0 Å². The number of amides is 6. The van der Waals surface area contributed by atoms with Crippen LogP contribution in [-0.4, -0.2) is 93.7 Å². The minimum Gasteiger partial charge on any atom is -0.504 e. The van der Waals surface area contributed by atoms with Crippen molar-refractivity contribution in [2.75, 3.05) is 6.54 Å². The quantitative estimate of drug-likeness (QED) is 0.153. The van der Waals surface area contributed by atoms with Crippen molar-refractivity contribution in [1.29, 1.82) is 0 Å². The largest absolute Gasteiger partial charge is 0.504 e. The molecule has 3 aliphatic rings. The van der Waals surface area contributed by atoms with E-state index < -0.39 is 96.1 Å². The second-order valence-electron chi connectivity index (χ2n) is 15.4. The molecule has 19 nitrogen and oxygen atoms in total. The molecule has 5 rings (SSSR count). The summed E-state index contributed by atoms with van der Waals surface area (Å²) in [5.74, 6) is -5.71. The number of aliphatic hydroxyl groups is 2. The number of carbonyl (C=O) groups is 6. The number of phenols is 1. The van der Waals surface area contributed by atoms with E-state index in [1.54, 1.807) is 20.8 Å². The molecule has 19 heteroatoms. The van der Waals surface area contributed by atoms with Crippen LogP contribution >= 0.6 is 0 Å². The Morgan fingerprint density at radius 1 is 0.982 bits per heavy atom. The first-order chi connectivity index (χ1) is 26.7. The van der Waals surface area contributed by atoms with Crippen LogP contribution in [0.2, 0.25) is 0 Å². The Bertz CT molecular complexity index is 1800. The van der Waals surface area contributed by atoms with E-state index in [0.717, 1.165) is 6.07 Å². The maximum absolute atomic E-state index is 13.7. The molecule has 2 aromatic carbocycles. The third-order valence-corrected chi connectivity index (χ3v) is 8.78. The van der Waals surface area contributed by atoms with E-state index in [-0.39, 0.29) is 60.1 Å². The van der Waals surface area contributed by atoms with Gasteiger partial charge in [0.1, 0.15) is 35.6 Å². The van der Waals surface area contributed by atoms with E-state index in [2.05, 4.69) is 21.3 Å². The standard InChI is InChI=1S/C38H52N6O13/c1-18(2)6-11-28(48)43-31-32(49)19-7-9-22(10-8-19)54-26-13-20(30(34(40)50)44-35(51)24(16-27(39)47)42-36(31)52)12-25(46)33(26)56-29-15-21(45)14-23(55-29)17-41-37(53)57-38(3,4)5/h7-10,12-13,18,21,23-24,29-32,45-46,49H,6,11,14-17H2,1-5H3,(H2,39,47)(H2,40,50)(H,41,53)(H,42,52)(H,43,48)(H,44,51). The monoisotopic (exact) mass is 800 g/mol. The number of nitrogens with two attached hydrogens (primary N) is 2. The van der Waals surface area contributed by atoms with E-state index in [1.165, 1.54) is 30.3 Å². The fourth-order valence-corrected chi connectivity index (χ4v) is 6.01. The van der Waals surface area contributed by atoms with Gasteiger partial charge in [0, 0.05) is 25.8 Å². The number of nitrogens with one attached hydrogen (secondary N) is 4. The second kappa shape index (κ2) is 19.0. The van der Waals surface area contributed by atoms with Crippen molar-refractivity contribution < 1.29 is 63.0 Å². The Morgan fingerprint density at radius 2 is 1.67 bits per heavy atom. The highest BCUT2D eigenvalue weighted by molar-refractivity contribution is 5.96. The van der Waals surface area contributed by atoms with Crippen LogP contribution in [0.5, 0.6) is 23.0 Å². The van der Waals surface area contributed by atoms with Crippen LogP contribution in [0, 0.1) is 5.92 Å². The van der Waals surface area contributed by atoms with Crippen LogP contribution in [0.15, 0.2) is 36.4 Å². The predicted octanol–water partition coefficient (Wildman–Crippen LogP) is 0.925. The number of rotatable bonds is 11. The summed E-state index contributed by atoms with van der Waals surface area (Å²) in [7, 11) is 0. The molecule has 7 unspecified atom stereocenters. The summed E-state index contributed by atoms with van der Waals surface area (Å²) in [5, 5.41) is 43.2. The summed E-state index contributed by atoms with van der Waals surface area (Å²) in [6, 6.07) is 2.86. The average molecular weight is 801 g/mol. The molecule has 6 amide bonds. The molecule has 1 fully saturated rings. The zero-order valence-electron chi connectivity index (χ0n) is 32.4. The molecule has 312 valence electrons. The van der Waals surface area contributed by atoms with Gasteiger partial charge in [-0.05, 0) is 68.5 Å². The highest BCUT2D eigenvalue weighted by Gasteiger charge is 2.36. The van der Waals surface area contributed by atoms with Gasteiger partial charge in [0.25, 0.3) is 0 Å². The smallest absolute Gasteiger partial charge is 0.407 e. The summed E-state index contributed by atoms with van der Waals surface area (Å²) in [6.45, 7) is 8.88.